The van der Waals surface area contributed by atoms with E-state index in [0.29, 0.717) is 6.04 Å². The summed E-state index contributed by atoms with van der Waals surface area (Å²) in [5.41, 5.74) is 0. The van der Waals surface area contributed by atoms with Gasteiger partial charge in [0.1, 0.15) is 0 Å². The lowest BCUT2D eigenvalue weighted by molar-refractivity contribution is 0.414. The molecule has 0 spiro atoms. The SMILES string of the molecule is COc1cccnc1NCCNC(C)C. The van der Waals surface area contributed by atoms with E-state index in [1.807, 2.05) is 12.1 Å². The fourth-order valence-electron chi connectivity index (χ4n) is 1.23. The van der Waals surface area contributed by atoms with Gasteiger partial charge in [-0.15, -0.1) is 0 Å². The first-order valence-corrected chi connectivity index (χ1v) is 5.20. The van der Waals surface area contributed by atoms with Gasteiger partial charge in [-0.1, -0.05) is 13.8 Å². The molecular formula is C11H19N3O. The van der Waals surface area contributed by atoms with E-state index in [-0.39, 0.29) is 0 Å². The van der Waals surface area contributed by atoms with Crippen LogP contribution in [-0.4, -0.2) is 31.2 Å². The molecule has 0 fully saturated rings. The second-order valence-corrected chi connectivity index (χ2v) is 3.59. The molecule has 1 heterocycles. The number of hydrogen-bond donors (Lipinski definition) is 2. The zero-order chi connectivity index (χ0) is 11.1. The zero-order valence-electron chi connectivity index (χ0n) is 9.58. The summed E-state index contributed by atoms with van der Waals surface area (Å²) in [6, 6.07) is 4.26. The molecule has 15 heavy (non-hydrogen) atoms. The predicted molar refractivity (Wildman–Crippen MR) is 62.4 cm³/mol. The second-order valence-electron chi connectivity index (χ2n) is 3.59. The summed E-state index contributed by atoms with van der Waals surface area (Å²) in [6.45, 7) is 6.01. The minimum atomic E-state index is 0.512. The maximum Gasteiger partial charge on any atom is 0.168 e. The van der Waals surface area contributed by atoms with Gasteiger partial charge in [-0.3, -0.25) is 0 Å². The van der Waals surface area contributed by atoms with Crippen LogP contribution in [0.4, 0.5) is 5.82 Å². The van der Waals surface area contributed by atoms with Crippen molar-refractivity contribution >= 4 is 5.82 Å². The van der Waals surface area contributed by atoms with Gasteiger partial charge >= 0.3 is 0 Å². The molecule has 0 aliphatic rings. The van der Waals surface area contributed by atoms with Gasteiger partial charge in [-0.05, 0) is 12.1 Å². The molecule has 0 aliphatic heterocycles. The average molecular weight is 209 g/mol. The Hall–Kier alpha value is -1.29. The van der Waals surface area contributed by atoms with Crippen LogP contribution < -0.4 is 15.4 Å². The average Bonchev–Trinajstić information content (AvgIpc) is 2.24. The quantitative estimate of drug-likeness (QED) is 0.697. The minimum Gasteiger partial charge on any atom is -0.493 e. The summed E-state index contributed by atoms with van der Waals surface area (Å²) in [4.78, 5) is 4.20. The summed E-state index contributed by atoms with van der Waals surface area (Å²) in [5.74, 6) is 1.58. The molecule has 1 aromatic rings. The summed E-state index contributed by atoms with van der Waals surface area (Å²) >= 11 is 0. The highest BCUT2D eigenvalue weighted by Crippen LogP contribution is 2.19. The predicted octanol–water partition coefficient (Wildman–Crippen LogP) is 1.50. The number of pyridine rings is 1. The first-order chi connectivity index (χ1) is 7.24. The lowest BCUT2D eigenvalue weighted by Gasteiger charge is -2.11. The molecule has 0 unspecified atom stereocenters. The van der Waals surface area contributed by atoms with E-state index in [1.54, 1.807) is 13.3 Å². The maximum absolute atomic E-state index is 5.18. The van der Waals surface area contributed by atoms with Gasteiger partial charge in [0, 0.05) is 25.3 Å². The number of ether oxygens (including phenoxy) is 1. The third-order valence-electron chi connectivity index (χ3n) is 1.96. The van der Waals surface area contributed by atoms with Gasteiger partial charge in [0.2, 0.25) is 0 Å². The Kier molecular flexibility index (Phi) is 4.90. The highest BCUT2D eigenvalue weighted by Gasteiger charge is 2.01. The maximum atomic E-state index is 5.18. The van der Waals surface area contributed by atoms with Crippen molar-refractivity contribution in [2.75, 3.05) is 25.5 Å². The van der Waals surface area contributed by atoms with Crippen LogP contribution in [0.1, 0.15) is 13.8 Å². The molecule has 0 aromatic carbocycles. The molecule has 4 heteroatoms. The molecular weight excluding hydrogens is 190 g/mol. The Balaban J connectivity index is 2.36. The molecule has 0 amide bonds. The van der Waals surface area contributed by atoms with Crippen LogP contribution in [0.15, 0.2) is 18.3 Å². The van der Waals surface area contributed by atoms with Crippen molar-refractivity contribution in [2.24, 2.45) is 0 Å². The monoisotopic (exact) mass is 209 g/mol. The Morgan fingerprint density at radius 2 is 2.20 bits per heavy atom. The number of methoxy groups -OCH3 is 1. The Labute approximate surface area is 91.1 Å². The van der Waals surface area contributed by atoms with E-state index in [9.17, 15) is 0 Å². The molecule has 2 N–H and O–H groups in total. The van der Waals surface area contributed by atoms with Crippen LogP contribution in [0, 0.1) is 0 Å². The van der Waals surface area contributed by atoms with Gasteiger partial charge in [-0.2, -0.15) is 0 Å². The third kappa shape index (κ3) is 4.16. The van der Waals surface area contributed by atoms with Crippen LogP contribution in [0.5, 0.6) is 5.75 Å². The van der Waals surface area contributed by atoms with Crippen LogP contribution in [-0.2, 0) is 0 Å². The summed E-state index contributed by atoms with van der Waals surface area (Å²) in [5, 5.41) is 6.54. The van der Waals surface area contributed by atoms with Gasteiger partial charge in [0.15, 0.2) is 11.6 Å². The minimum absolute atomic E-state index is 0.512. The highest BCUT2D eigenvalue weighted by molar-refractivity contribution is 5.49. The highest BCUT2D eigenvalue weighted by atomic mass is 16.5. The molecule has 0 saturated heterocycles. The summed E-state index contributed by atoms with van der Waals surface area (Å²) in [7, 11) is 1.65. The third-order valence-corrected chi connectivity index (χ3v) is 1.96. The van der Waals surface area contributed by atoms with Crippen LogP contribution >= 0.6 is 0 Å². The molecule has 84 valence electrons. The topological polar surface area (TPSA) is 46.2 Å². The molecule has 1 aromatic heterocycles. The van der Waals surface area contributed by atoms with Gasteiger partial charge < -0.3 is 15.4 Å². The fraction of sp³-hybridized carbons (Fsp3) is 0.545. The van der Waals surface area contributed by atoms with E-state index in [2.05, 4.69) is 29.5 Å². The number of anilines is 1. The van der Waals surface area contributed by atoms with Crippen molar-refractivity contribution in [3.8, 4) is 5.75 Å². The number of hydrogen-bond acceptors (Lipinski definition) is 4. The van der Waals surface area contributed by atoms with E-state index in [0.717, 1.165) is 24.7 Å². The van der Waals surface area contributed by atoms with Crippen molar-refractivity contribution in [1.82, 2.24) is 10.3 Å². The molecule has 0 atom stereocenters. The number of nitrogens with zero attached hydrogens (tertiary/aromatic N) is 1. The van der Waals surface area contributed by atoms with E-state index < -0.39 is 0 Å². The van der Waals surface area contributed by atoms with Crippen molar-refractivity contribution in [3.63, 3.8) is 0 Å². The molecule has 0 bridgehead atoms. The van der Waals surface area contributed by atoms with Crippen molar-refractivity contribution in [3.05, 3.63) is 18.3 Å². The molecule has 0 aliphatic carbocycles. The largest absolute Gasteiger partial charge is 0.493 e. The van der Waals surface area contributed by atoms with Gasteiger partial charge in [0.25, 0.3) is 0 Å². The normalized spacial score (nSPS) is 10.4. The lowest BCUT2D eigenvalue weighted by atomic mass is 10.4. The zero-order valence-corrected chi connectivity index (χ0v) is 9.58. The van der Waals surface area contributed by atoms with Crippen LogP contribution in [0.3, 0.4) is 0 Å². The fourth-order valence-corrected chi connectivity index (χ4v) is 1.23. The number of nitrogens with one attached hydrogen (secondary N) is 2. The number of rotatable bonds is 6. The first kappa shape index (κ1) is 11.8. The van der Waals surface area contributed by atoms with Gasteiger partial charge in [-0.25, -0.2) is 4.98 Å². The molecule has 4 nitrogen and oxygen atoms in total. The van der Waals surface area contributed by atoms with Gasteiger partial charge in [0.05, 0.1) is 7.11 Å². The molecule has 0 radical (unpaired) electrons. The molecule has 0 saturated carbocycles. The first-order valence-electron chi connectivity index (χ1n) is 5.20. The van der Waals surface area contributed by atoms with E-state index in [1.165, 1.54) is 0 Å². The van der Waals surface area contributed by atoms with Crippen LogP contribution in [0.2, 0.25) is 0 Å². The van der Waals surface area contributed by atoms with Crippen LogP contribution in [0.25, 0.3) is 0 Å². The number of aromatic nitrogens is 1. The molecule has 1 rings (SSSR count). The van der Waals surface area contributed by atoms with E-state index in [4.69, 9.17) is 4.74 Å². The van der Waals surface area contributed by atoms with E-state index >= 15 is 0 Å². The van der Waals surface area contributed by atoms with Crippen molar-refractivity contribution in [2.45, 2.75) is 19.9 Å². The Morgan fingerprint density at radius 3 is 2.87 bits per heavy atom. The summed E-state index contributed by atoms with van der Waals surface area (Å²) in [6.07, 6.45) is 1.75. The van der Waals surface area contributed by atoms with Crippen molar-refractivity contribution < 1.29 is 4.74 Å². The smallest absolute Gasteiger partial charge is 0.168 e. The van der Waals surface area contributed by atoms with Crippen molar-refractivity contribution in [1.29, 1.82) is 0 Å². The Bertz CT molecular complexity index is 289. The second kappa shape index (κ2) is 6.24. The Morgan fingerprint density at radius 1 is 1.40 bits per heavy atom. The summed E-state index contributed by atoms with van der Waals surface area (Å²) < 4.78 is 5.18. The lowest BCUT2D eigenvalue weighted by Crippen LogP contribution is -2.28. The standard InChI is InChI=1S/C11H19N3O/c1-9(2)12-7-8-14-11-10(15-3)5-4-6-13-11/h4-6,9,12H,7-8H2,1-3H3,(H,13,14).